The predicted molar refractivity (Wildman–Crippen MR) is 85.4 cm³/mol. The van der Waals surface area contributed by atoms with Gasteiger partial charge in [0.1, 0.15) is 0 Å². The van der Waals surface area contributed by atoms with Crippen molar-refractivity contribution in [3.8, 4) is 0 Å². The number of anilines is 1. The molecule has 2 atom stereocenters. The molecular weight excluding hydrogens is 262 g/mol. The highest BCUT2D eigenvalue weighted by molar-refractivity contribution is 5.92. The van der Waals surface area contributed by atoms with Crippen molar-refractivity contribution in [3.05, 3.63) is 29.8 Å². The molecule has 2 saturated heterocycles. The molecule has 3 rings (SSSR count). The Labute approximate surface area is 126 Å². The first-order valence-corrected chi connectivity index (χ1v) is 8.09. The number of hydrogen-bond donors (Lipinski definition) is 2. The zero-order valence-corrected chi connectivity index (χ0v) is 12.8. The molecule has 21 heavy (non-hydrogen) atoms. The highest BCUT2D eigenvalue weighted by Crippen LogP contribution is 2.24. The molecule has 1 aromatic rings. The smallest absolute Gasteiger partial charge is 0.238 e. The molecule has 4 nitrogen and oxygen atoms in total. The minimum atomic E-state index is 0.0953. The fourth-order valence-electron chi connectivity index (χ4n) is 3.49. The number of piperidine rings is 1. The third-order valence-electron chi connectivity index (χ3n) is 4.69. The third-order valence-corrected chi connectivity index (χ3v) is 4.69. The molecule has 2 unspecified atom stereocenters. The fraction of sp³-hybridized carbons (Fsp3) is 0.588. The lowest BCUT2D eigenvalue weighted by Crippen LogP contribution is -2.41. The standard InChI is InChI=1S/C17H25N3O/c1-2-13-5-7-15(8-6-13)19-17(21)12-20-10-14-4-3-9-18-16(14)11-20/h5-8,14,16,18H,2-4,9-12H2,1H3,(H,19,21). The fourth-order valence-corrected chi connectivity index (χ4v) is 3.49. The van der Waals surface area contributed by atoms with Crippen LogP contribution in [-0.4, -0.2) is 43.0 Å². The van der Waals surface area contributed by atoms with Gasteiger partial charge in [-0.15, -0.1) is 0 Å². The Morgan fingerprint density at radius 3 is 2.86 bits per heavy atom. The topological polar surface area (TPSA) is 44.4 Å². The molecule has 2 fully saturated rings. The van der Waals surface area contributed by atoms with Crippen molar-refractivity contribution in [1.82, 2.24) is 10.2 Å². The van der Waals surface area contributed by atoms with Gasteiger partial charge in [-0.05, 0) is 49.4 Å². The molecule has 0 radical (unpaired) electrons. The average molecular weight is 287 g/mol. The normalized spacial score (nSPS) is 25.6. The van der Waals surface area contributed by atoms with Crippen LogP contribution >= 0.6 is 0 Å². The number of nitrogens with one attached hydrogen (secondary N) is 2. The maximum atomic E-state index is 12.2. The minimum absolute atomic E-state index is 0.0953. The maximum absolute atomic E-state index is 12.2. The van der Waals surface area contributed by atoms with Crippen molar-refractivity contribution in [1.29, 1.82) is 0 Å². The summed E-state index contributed by atoms with van der Waals surface area (Å²) in [6.07, 6.45) is 3.59. The van der Waals surface area contributed by atoms with Crippen LogP contribution in [0.15, 0.2) is 24.3 Å². The SMILES string of the molecule is CCc1ccc(NC(=O)CN2CC3CCCNC3C2)cc1. The number of amides is 1. The lowest BCUT2D eigenvalue weighted by molar-refractivity contribution is -0.117. The van der Waals surface area contributed by atoms with Gasteiger partial charge in [0, 0.05) is 24.8 Å². The second-order valence-corrected chi connectivity index (χ2v) is 6.26. The molecule has 1 amide bonds. The van der Waals surface area contributed by atoms with Crippen LogP contribution in [0.2, 0.25) is 0 Å². The van der Waals surface area contributed by atoms with E-state index < -0.39 is 0 Å². The Morgan fingerprint density at radius 1 is 1.33 bits per heavy atom. The Morgan fingerprint density at radius 2 is 2.14 bits per heavy atom. The highest BCUT2D eigenvalue weighted by Gasteiger charge is 2.34. The van der Waals surface area contributed by atoms with Crippen LogP contribution in [0.5, 0.6) is 0 Å². The molecular formula is C17H25N3O. The summed E-state index contributed by atoms with van der Waals surface area (Å²) in [6, 6.07) is 8.72. The monoisotopic (exact) mass is 287 g/mol. The van der Waals surface area contributed by atoms with Gasteiger partial charge in [0.15, 0.2) is 0 Å². The summed E-state index contributed by atoms with van der Waals surface area (Å²) in [7, 11) is 0. The summed E-state index contributed by atoms with van der Waals surface area (Å²) in [4.78, 5) is 14.4. The number of fused-ring (bicyclic) bond motifs is 1. The van der Waals surface area contributed by atoms with Crippen molar-refractivity contribution in [2.75, 3.05) is 31.5 Å². The molecule has 1 aromatic carbocycles. The summed E-state index contributed by atoms with van der Waals surface area (Å²) in [5.74, 6) is 0.827. The number of likely N-dealkylation sites (tertiary alicyclic amines) is 1. The van der Waals surface area contributed by atoms with Gasteiger partial charge in [0.05, 0.1) is 6.54 Å². The summed E-state index contributed by atoms with van der Waals surface area (Å²) < 4.78 is 0. The van der Waals surface area contributed by atoms with Crippen LogP contribution in [0, 0.1) is 5.92 Å². The van der Waals surface area contributed by atoms with Crippen molar-refractivity contribution >= 4 is 11.6 Å². The summed E-state index contributed by atoms with van der Waals surface area (Å²) in [5, 5.41) is 6.57. The molecule has 4 heteroatoms. The first-order valence-electron chi connectivity index (χ1n) is 8.09. The van der Waals surface area contributed by atoms with E-state index in [4.69, 9.17) is 0 Å². The summed E-state index contributed by atoms with van der Waals surface area (Å²) in [5.41, 5.74) is 2.19. The van der Waals surface area contributed by atoms with Gasteiger partial charge in [0.25, 0.3) is 0 Å². The van der Waals surface area contributed by atoms with E-state index in [1.807, 2.05) is 12.1 Å². The number of carbonyl (C=O) groups excluding carboxylic acids is 1. The molecule has 2 aliphatic heterocycles. The minimum Gasteiger partial charge on any atom is -0.325 e. The van der Waals surface area contributed by atoms with Gasteiger partial charge in [-0.2, -0.15) is 0 Å². The van der Waals surface area contributed by atoms with Gasteiger partial charge in [0.2, 0.25) is 5.91 Å². The molecule has 0 bridgehead atoms. The largest absolute Gasteiger partial charge is 0.325 e. The number of aryl methyl sites for hydroxylation is 1. The Bertz CT molecular complexity index is 471. The van der Waals surface area contributed by atoms with E-state index in [0.29, 0.717) is 12.6 Å². The van der Waals surface area contributed by atoms with Crippen LogP contribution < -0.4 is 10.6 Å². The molecule has 0 aliphatic carbocycles. The average Bonchev–Trinajstić information content (AvgIpc) is 2.90. The maximum Gasteiger partial charge on any atom is 0.238 e. The molecule has 0 saturated carbocycles. The molecule has 2 aliphatic rings. The van der Waals surface area contributed by atoms with Crippen LogP contribution in [0.4, 0.5) is 5.69 Å². The zero-order valence-electron chi connectivity index (χ0n) is 12.8. The molecule has 0 spiro atoms. The van der Waals surface area contributed by atoms with E-state index >= 15 is 0 Å². The molecule has 2 N–H and O–H groups in total. The highest BCUT2D eigenvalue weighted by atomic mass is 16.2. The summed E-state index contributed by atoms with van der Waals surface area (Å²) in [6.45, 7) is 5.83. The number of hydrogen-bond acceptors (Lipinski definition) is 3. The molecule has 2 heterocycles. The van der Waals surface area contributed by atoms with E-state index in [-0.39, 0.29) is 5.91 Å². The van der Waals surface area contributed by atoms with Gasteiger partial charge in [-0.3, -0.25) is 9.69 Å². The first kappa shape index (κ1) is 14.5. The van der Waals surface area contributed by atoms with Crippen molar-refractivity contribution < 1.29 is 4.79 Å². The van der Waals surface area contributed by atoms with E-state index in [1.54, 1.807) is 0 Å². The van der Waals surface area contributed by atoms with E-state index in [1.165, 1.54) is 18.4 Å². The number of nitrogens with zero attached hydrogens (tertiary/aromatic N) is 1. The Kier molecular flexibility index (Phi) is 4.56. The van der Waals surface area contributed by atoms with Gasteiger partial charge in [-0.1, -0.05) is 19.1 Å². The van der Waals surface area contributed by atoms with E-state index in [0.717, 1.165) is 37.7 Å². The van der Waals surface area contributed by atoms with E-state index in [2.05, 4.69) is 34.6 Å². The lowest BCUT2D eigenvalue weighted by atomic mass is 9.94. The number of benzene rings is 1. The van der Waals surface area contributed by atoms with Gasteiger partial charge >= 0.3 is 0 Å². The van der Waals surface area contributed by atoms with Crippen LogP contribution in [0.25, 0.3) is 0 Å². The molecule has 114 valence electrons. The lowest BCUT2D eigenvalue weighted by Gasteiger charge is -2.24. The molecule has 0 aromatic heterocycles. The van der Waals surface area contributed by atoms with Gasteiger partial charge < -0.3 is 10.6 Å². The second kappa shape index (κ2) is 6.58. The third kappa shape index (κ3) is 3.63. The van der Waals surface area contributed by atoms with Crippen LogP contribution in [-0.2, 0) is 11.2 Å². The first-order chi connectivity index (χ1) is 10.2. The van der Waals surface area contributed by atoms with Crippen molar-refractivity contribution in [2.24, 2.45) is 5.92 Å². The Hall–Kier alpha value is -1.39. The summed E-state index contributed by atoms with van der Waals surface area (Å²) >= 11 is 0. The van der Waals surface area contributed by atoms with E-state index in [9.17, 15) is 4.79 Å². The quantitative estimate of drug-likeness (QED) is 0.888. The zero-order chi connectivity index (χ0) is 14.7. The van der Waals surface area contributed by atoms with Gasteiger partial charge in [-0.25, -0.2) is 0 Å². The second-order valence-electron chi connectivity index (χ2n) is 6.26. The Balaban J connectivity index is 1.49. The number of carbonyl (C=O) groups is 1. The predicted octanol–water partition coefficient (Wildman–Crippen LogP) is 1.87. The van der Waals surface area contributed by atoms with Crippen LogP contribution in [0.1, 0.15) is 25.3 Å². The van der Waals surface area contributed by atoms with Crippen molar-refractivity contribution in [3.63, 3.8) is 0 Å². The van der Waals surface area contributed by atoms with Crippen molar-refractivity contribution in [2.45, 2.75) is 32.2 Å². The number of rotatable bonds is 4. The van der Waals surface area contributed by atoms with Crippen LogP contribution in [0.3, 0.4) is 0 Å².